The molecule has 1 aliphatic carbocycles. The molecule has 1 aromatic carbocycles. The first kappa shape index (κ1) is 18.5. The highest BCUT2D eigenvalue weighted by Crippen LogP contribution is 2.30. The van der Waals surface area contributed by atoms with Gasteiger partial charge in [0.2, 0.25) is 5.95 Å². The highest BCUT2D eigenvalue weighted by atomic mass is 19.4. The number of halogens is 3. The van der Waals surface area contributed by atoms with Gasteiger partial charge in [-0.15, -0.1) is 5.10 Å². The Labute approximate surface area is 159 Å². The normalized spacial score (nSPS) is 20.3. The van der Waals surface area contributed by atoms with E-state index in [2.05, 4.69) is 20.7 Å². The van der Waals surface area contributed by atoms with Crippen molar-refractivity contribution >= 4 is 23.1 Å². The van der Waals surface area contributed by atoms with E-state index in [-0.39, 0.29) is 12.0 Å². The maximum absolute atomic E-state index is 12.7. The van der Waals surface area contributed by atoms with Crippen LogP contribution in [0.1, 0.15) is 31.2 Å². The summed E-state index contributed by atoms with van der Waals surface area (Å²) in [4.78, 5) is 4.37. The number of rotatable bonds is 4. The standard InChI is InChI=1S/C19H20F3N5O/c20-19(21,22)12-8-10-13(11-9-12)23-18-25-17-7-3-6-16(27(17)26-18)24-14-4-1-2-5-15(14)28/h3,6-11,14-15,24,28H,1-2,4-5H2,(H,23,26)/t14-,15-/m0/s1. The van der Waals surface area contributed by atoms with Gasteiger partial charge in [0.05, 0.1) is 17.7 Å². The zero-order valence-electron chi connectivity index (χ0n) is 14.9. The molecule has 3 N–H and O–H groups in total. The second-order valence-corrected chi connectivity index (χ2v) is 6.92. The van der Waals surface area contributed by atoms with Gasteiger partial charge >= 0.3 is 6.18 Å². The van der Waals surface area contributed by atoms with Gasteiger partial charge in [0.25, 0.3) is 0 Å². The molecule has 6 nitrogen and oxygen atoms in total. The fourth-order valence-corrected chi connectivity index (χ4v) is 3.41. The first-order chi connectivity index (χ1) is 13.4. The van der Waals surface area contributed by atoms with Crippen molar-refractivity contribution < 1.29 is 18.3 Å². The van der Waals surface area contributed by atoms with E-state index in [0.717, 1.165) is 37.8 Å². The van der Waals surface area contributed by atoms with Crippen molar-refractivity contribution in [2.75, 3.05) is 10.6 Å². The van der Waals surface area contributed by atoms with Crippen LogP contribution in [0, 0.1) is 0 Å². The van der Waals surface area contributed by atoms with Crippen LogP contribution in [0.2, 0.25) is 0 Å². The van der Waals surface area contributed by atoms with Crippen LogP contribution in [0.4, 0.5) is 30.6 Å². The molecule has 4 rings (SSSR count). The molecule has 0 saturated heterocycles. The number of aliphatic hydroxyl groups is 1. The Kier molecular flexibility index (Phi) is 4.84. The number of nitrogens with zero attached hydrogens (tertiary/aromatic N) is 3. The molecule has 2 heterocycles. The van der Waals surface area contributed by atoms with Crippen LogP contribution in [0.25, 0.3) is 5.65 Å². The van der Waals surface area contributed by atoms with Gasteiger partial charge in [-0.05, 0) is 49.2 Å². The summed E-state index contributed by atoms with van der Waals surface area (Å²) in [5, 5.41) is 20.8. The molecule has 0 unspecified atom stereocenters. The van der Waals surface area contributed by atoms with Gasteiger partial charge in [-0.1, -0.05) is 18.9 Å². The molecule has 2 aromatic heterocycles. The van der Waals surface area contributed by atoms with Crippen LogP contribution in [0.3, 0.4) is 0 Å². The number of alkyl halides is 3. The summed E-state index contributed by atoms with van der Waals surface area (Å²) in [6.07, 6.45) is -1.05. The maximum atomic E-state index is 12.7. The molecule has 0 spiro atoms. The van der Waals surface area contributed by atoms with Crippen molar-refractivity contribution in [2.24, 2.45) is 0 Å². The summed E-state index contributed by atoms with van der Waals surface area (Å²) in [6.45, 7) is 0. The summed E-state index contributed by atoms with van der Waals surface area (Å²) >= 11 is 0. The van der Waals surface area contributed by atoms with Crippen LogP contribution in [-0.4, -0.2) is 31.9 Å². The SMILES string of the molecule is O[C@H]1CCCC[C@@H]1Nc1cccc2nc(Nc3ccc(C(F)(F)F)cc3)nn12. The van der Waals surface area contributed by atoms with Crippen molar-refractivity contribution in [2.45, 2.75) is 44.0 Å². The van der Waals surface area contributed by atoms with Crippen LogP contribution in [0.5, 0.6) is 0 Å². The van der Waals surface area contributed by atoms with Gasteiger partial charge < -0.3 is 15.7 Å². The minimum atomic E-state index is -4.37. The minimum absolute atomic E-state index is 0.0464. The fourth-order valence-electron chi connectivity index (χ4n) is 3.41. The Morgan fingerprint density at radius 2 is 1.79 bits per heavy atom. The lowest BCUT2D eigenvalue weighted by Gasteiger charge is -2.29. The van der Waals surface area contributed by atoms with Gasteiger partial charge in [-0.25, -0.2) is 0 Å². The summed E-state index contributed by atoms with van der Waals surface area (Å²) in [6, 6.07) is 10.1. The number of benzene rings is 1. The monoisotopic (exact) mass is 391 g/mol. The summed E-state index contributed by atoms with van der Waals surface area (Å²) in [7, 11) is 0. The van der Waals surface area contributed by atoms with Crippen molar-refractivity contribution in [3.63, 3.8) is 0 Å². The molecule has 2 atom stereocenters. The predicted octanol–water partition coefficient (Wildman–Crippen LogP) is 4.21. The molecule has 9 heteroatoms. The van der Waals surface area contributed by atoms with Crippen molar-refractivity contribution in [3.05, 3.63) is 48.0 Å². The van der Waals surface area contributed by atoms with Crippen molar-refractivity contribution in [1.82, 2.24) is 14.6 Å². The van der Waals surface area contributed by atoms with Gasteiger partial charge in [0.1, 0.15) is 5.82 Å². The van der Waals surface area contributed by atoms with E-state index < -0.39 is 17.8 Å². The molecule has 0 bridgehead atoms. The van der Waals surface area contributed by atoms with Crippen LogP contribution in [0.15, 0.2) is 42.5 Å². The number of anilines is 3. The lowest BCUT2D eigenvalue weighted by atomic mass is 9.92. The lowest BCUT2D eigenvalue weighted by molar-refractivity contribution is -0.137. The number of aliphatic hydroxyl groups excluding tert-OH is 1. The largest absolute Gasteiger partial charge is 0.416 e. The molecule has 0 aliphatic heterocycles. The quantitative estimate of drug-likeness (QED) is 0.621. The lowest BCUT2D eigenvalue weighted by Crippen LogP contribution is -2.36. The molecule has 28 heavy (non-hydrogen) atoms. The number of hydrogen-bond acceptors (Lipinski definition) is 5. The summed E-state index contributed by atoms with van der Waals surface area (Å²) in [5.41, 5.74) is 0.337. The predicted molar refractivity (Wildman–Crippen MR) is 99.6 cm³/mol. The van der Waals surface area contributed by atoms with Gasteiger partial charge in [-0.3, -0.25) is 0 Å². The number of nitrogens with one attached hydrogen (secondary N) is 2. The Morgan fingerprint density at radius 1 is 1.04 bits per heavy atom. The number of fused-ring (bicyclic) bond motifs is 1. The summed E-state index contributed by atoms with van der Waals surface area (Å²) < 4.78 is 39.7. The zero-order chi connectivity index (χ0) is 19.7. The first-order valence-corrected chi connectivity index (χ1v) is 9.15. The number of aromatic nitrogens is 3. The topological polar surface area (TPSA) is 74.5 Å². The minimum Gasteiger partial charge on any atom is -0.391 e. The molecule has 3 aromatic rings. The third-order valence-corrected chi connectivity index (χ3v) is 4.89. The van der Waals surface area contributed by atoms with E-state index in [1.54, 1.807) is 10.6 Å². The molecular weight excluding hydrogens is 371 g/mol. The Hall–Kier alpha value is -2.81. The molecule has 0 amide bonds. The smallest absolute Gasteiger partial charge is 0.391 e. The van der Waals surface area contributed by atoms with Gasteiger partial charge in [0, 0.05) is 5.69 Å². The second kappa shape index (κ2) is 7.31. The Balaban J connectivity index is 1.54. The van der Waals surface area contributed by atoms with Crippen molar-refractivity contribution in [1.29, 1.82) is 0 Å². The Morgan fingerprint density at radius 3 is 2.50 bits per heavy atom. The van der Waals surface area contributed by atoms with E-state index in [4.69, 9.17) is 0 Å². The van der Waals surface area contributed by atoms with Crippen LogP contribution >= 0.6 is 0 Å². The maximum Gasteiger partial charge on any atom is 0.416 e. The molecule has 1 fully saturated rings. The zero-order valence-corrected chi connectivity index (χ0v) is 14.9. The van der Waals surface area contributed by atoms with E-state index >= 15 is 0 Å². The van der Waals surface area contributed by atoms with Crippen LogP contribution in [-0.2, 0) is 6.18 Å². The molecular formula is C19H20F3N5O. The molecule has 0 radical (unpaired) electrons. The highest BCUT2D eigenvalue weighted by molar-refractivity contribution is 5.58. The average Bonchev–Trinajstić information content (AvgIpc) is 3.07. The van der Waals surface area contributed by atoms with E-state index in [1.807, 2.05) is 12.1 Å². The summed E-state index contributed by atoms with van der Waals surface area (Å²) in [5.74, 6) is 0.981. The number of pyridine rings is 1. The van der Waals surface area contributed by atoms with E-state index in [1.165, 1.54) is 12.1 Å². The molecule has 1 saturated carbocycles. The third kappa shape index (κ3) is 3.89. The average molecular weight is 391 g/mol. The second-order valence-electron chi connectivity index (χ2n) is 6.92. The molecule has 148 valence electrons. The first-order valence-electron chi connectivity index (χ1n) is 9.15. The molecule has 1 aliphatic rings. The highest BCUT2D eigenvalue weighted by Gasteiger charge is 2.30. The van der Waals surface area contributed by atoms with E-state index in [0.29, 0.717) is 17.2 Å². The van der Waals surface area contributed by atoms with E-state index in [9.17, 15) is 18.3 Å². The van der Waals surface area contributed by atoms with Crippen molar-refractivity contribution in [3.8, 4) is 0 Å². The number of hydrogen-bond donors (Lipinski definition) is 3. The van der Waals surface area contributed by atoms with Gasteiger partial charge in [-0.2, -0.15) is 22.7 Å². The van der Waals surface area contributed by atoms with Gasteiger partial charge in [0.15, 0.2) is 5.65 Å². The van der Waals surface area contributed by atoms with Crippen LogP contribution < -0.4 is 10.6 Å². The Bertz CT molecular complexity index is 954. The fraction of sp³-hybridized carbons (Fsp3) is 0.368. The third-order valence-electron chi connectivity index (χ3n) is 4.89.